The summed E-state index contributed by atoms with van der Waals surface area (Å²) in [7, 11) is 0. The first-order valence-corrected chi connectivity index (χ1v) is 21.5. The normalized spacial score (nSPS) is 14.2. The third-order valence-electron chi connectivity index (χ3n) is 13.8. The van der Waals surface area contributed by atoms with Crippen LogP contribution in [-0.2, 0) is 10.8 Å². The van der Waals surface area contributed by atoms with Crippen LogP contribution in [0.3, 0.4) is 0 Å². The van der Waals surface area contributed by atoms with Gasteiger partial charge < -0.3 is 0 Å². The molecule has 2 aliphatic rings. The summed E-state index contributed by atoms with van der Waals surface area (Å²) >= 11 is 0. The molecule has 9 aromatic rings. The van der Waals surface area contributed by atoms with E-state index < -0.39 is 0 Å². The minimum absolute atomic E-state index is 0.108. The van der Waals surface area contributed by atoms with Crippen molar-refractivity contribution in [3.8, 4) is 55.8 Å². The summed E-state index contributed by atoms with van der Waals surface area (Å²) in [4.78, 5) is 5.62. The van der Waals surface area contributed by atoms with Crippen LogP contribution in [0.5, 0.6) is 0 Å². The maximum Gasteiger partial charge on any atom is 0.0794 e. The van der Waals surface area contributed by atoms with Crippen molar-refractivity contribution < 1.29 is 0 Å². The third-order valence-corrected chi connectivity index (χ3v) is 13.8. The Balaban J connectivity index is 1.10. The Morgan fingerprint density at radius 3 is 1.66 bits per heavy atom. The van der Waals surface area contributed by atoms with Crippen LogP contribution >= 0.6 is 0 Å². The summed E-state index contributed by atoms with van der Waals surface area (Å²) in [5.41, 5.74) is 23.0. The zero-order chi connectivity index (χ0) is 41.6. The van der Waals surface area contributed by atoms with Crippen LogP contribution in [0.15, 0.2) is 183 Å². The minimum atomic E-state index is -0.118. The zero-order valence-electron chi connectivity index (χ0n) is 35.5. The number of hydrogen-bond acceptors (Lipinski definition) is 1. The zero-order valence-corrected chi connectivity index (χ0v) is 35.5. The van der Waals surface area contributed by atoms with Crippen molar-refractivity contribution in [2.45, 2.75) is 45.4 Å². The van der Waals surface area contributed by atoms with Gasteiger partial charge in [0, 0.05) is 27.2 Å². The number of fused-ring (bicyclic) bond motifs is 9. The standard InChI is InChI=1S/C60H47N/c1-37-15-7-8-16-39(37)24-23-38(2)40-25-27-41(28-26-40)50-35-52-51(42-29-31-47-45-18-11-13-21-53(45)59(3,4)55(47)33-42)36-57(61-58(52)49-20-10-9-17-44(49)50)43-30-32-48-46-19-12-14-22-54(46)60(5,6)56(48)34-43/h7-36H,2H2,1,3-6H3/b24-23-. The molecule has 8 aromatic carbocycles. The molecule has 0 unspecified atom stereocenters. The van der Waals surface area contributed by atoms with Gasteiger partial charge in [0.05, 0.1) is 11.2 Å². The number of aryl methyl sites for hydroxylation is 1. The lowest BCUT2D eigenvalue weighted by Gasteiger charge is -2.23. The highest BCUT2D eigenvalue weighted by atomic mass is 14.7. The van der Waals surface area contributed by atoms with E-state index in [1.54, 1.807) is 0 Å². The molecule has 0 N–H and O–H groups in total. The molecule has 1 heteroatoms. The van der Waals surface area contributed by atoms with Crippen LogP contribution in [-0.4, -0.2) is 4.98 Å². The van der Waals surface area contributed by atoms with Gasteiger partial charge in [-0.05, 0) is 126 Å². The second-order valence-corrected chi connectivity index (χ2v) is 18.1. The Labute approximate surface area is 359 Å². The van der Waals surface area contributed by atoms with E-state index in [4.69, 9.17) is 4.98 Å². The average molecular weight is 782 g/mol. The Kier molecular flexibility index (Phi) is 8.32. The maximum atomic E-state index is 5.62. The molecule has 0 aliphatic heterocycles. The number of benzene rings is 8. The first kappa shape index (κ1) is 36.9. The SMILES string of the molecule is C=C(/C=C\c1ccccc1C)c1ccc(-c2cc3c(-c4ccc5c(c4)C(C)(C)c4ccccc4-5)cc(-c4ccc5c(c4)C(C)(C)c4ccccc4-5)nc3c3ccccc23)cc1. The average Bonchev–Trinajstić information content (AvgIpc) is 3.67. The topological polar surface area (TPSA) is 12.9 Å². The van der Waals surface area contributed by atoms with Gasteiger partial charge in [-0.2, -0.15) is 0 Å². The van der Waals surface area contributed by atoms with Gasteiger partial charge in [-0.3, -0.25) is 0 Å². The van der Waals surface area contributed by atoms with Crippen molar-refractivity contribution in [3.63, 3.8) is 0 Å². The van der Waals surface area contributed by atoms with E-state index in [1.165, 1.54) is 83.3 Å². The molecule has 1 heterocycles. The molecule has 0 radical (unpaired) electrons. The third kappa shape index (κ3) is 5.79. The number of allylic oxidation sites excluding steroid dienone is 2. The van der Waals surface area contributed by atoms with Gasteiger partial charge in [-0.15, -0.1) is 0 Å². The molecule has 1 aromatic heterocycles. The smallest absolute Gasteiger partial charge is 0.0794 e. The molecular formula is C60H47N. The van der Waals surface area contributed by atoms with Gasteiger partial charge in [-0.25, -0.2) is 4.98 Å². The highest BCUT2D eigenvalue weighted by Crippen LogP contribution is 2.52. The van der Waals surface area contributed by atoms with Crippen molar-refractivity contribution in [1.82, 2.24) is 4.98 Å². The van der Waals surface area contributed by atoms with Crippen molar-refractivity contribution >= 4 is 33.3 Å². The molecule has 292 valence electrons. The first-order chi connectivity index (χ1) is 29.6. The number of nitrogens with zero attached hydrogens (tertiary/aromatic N) is 1. The van der Waals surface area contributed by atoms with Crippen LogP contribution < -0.4 is 0 Å². The lowest BCUT2D eigenvalue weighted by Crippen LogP contribution is -2.15. The predicted molar refractivity (Wildman–Crippen MR) is 260 cm³/mol. The van der Waals surface area contributed by atoms with E-state index in [2.05, 4.69) is 223 Å². The molecule has 0 atom stereocenters. The number of hydrogen-bond donors (Lipinski definition) is 0. The molecule has 0 bridgehead atoms. The molecule has 0 spiro atoms. The Hall–Kier alpha value is -7.09. The van der Waals surface area contributed by atoms with Crippen LogP contribution in [0.25, 0.3) is 89.1 Å². The summed E-state index contributed by atoms with van der Waals surface area (Å²) in [6.07, 6.45) is 4.28. The van der Waals surface area contributed by atoms with E-state index in [1.807, 2.05) is 0 Å². The highest BCUT2D eigenvalue weighted by molar-refractivity contribution is 6.16. The summed E-state index contributed by atoms with van der Waals surface area (Å²) in [6, 6.07) is 62.8. The van der Waals surface area contributed by atoms with Gasteiger partial charge in [-0.1, -0.05) is 192 Å². The Morgan fingerprint density at radius 2 is 0.984 bits per heavy atom. The minimum Gasteiger partial charge on any atom is -0.247 e. The molecule has 0 saturated heterocycles. The lowest BCUT2D eigenvalue weighted by atomic mass is 9.81. The number of rotatable bonds is 6. The monoisotopic (exact) mass is 781 g/mol. The van der Waals surface area contributed by atoms with Gasteiger partial charge in [0.15, 0.2) is 0 Å². The molecule has 0 amide bonds. The fourth-order valence-electron chi connectivity index (χ4n) is 10.3. The van der Waals surface area contributed by atoms with Crippen LogP contribution in [0, 0.1) is 6.92 Å². The van der Waals surface area contributed by atoms with Crippen LogP contribution in [0.2, 0.25) is 0 Å². The van der Waals surface area contributed by atoms with Crippen molar-refractivity contribution in [3.05, 3.63) is 221 Å². The fourth-order valence-corrected chi connectivity index (χ4v) is 10.3. The fraction of sp³-hybridized carbons (Fsp3) is 0.117. The Morgan fingerprint density at radius 1 is 0.459 bits per heavy atom. The molecule has 61 heavy (non-hydrogen) atoms. The lowest BCUT2D eigenvalue weighted by molar-refractivity contribution is 0.660. The first-order valence-electron chi connectivity index (χ1n) is 21.5. The van der Waals surface area contributed by atoms with E-state index in [-0.39, 0.29) is 10.8 Å². The van der Waals surface area contributed by atoms with Gasteiger partial charge in [0.1, 0.15) is 0 Å². The number of aromatic nitrogens is 1. The van der Waals surface area contributed by atoms with Gasteiger partial charge in [0.2, 0.25) is 0 Å². The van der Waals surface area contributed by atoms with Crippen LogP contribution in [0.1, 0.15) is 66.6 Å². The molecular weight excluding hydrogens is 735 g/mol. The largest absolute Gasteiger partial charge is 0.247 e. The van der Waals surface area contributed by atoms with E-state index in [0.717, 1.165) is 38.7 Å². The van der Waals surface area contributed by atoms with Gasteiger partial charge >= 0.3 is 0 Å². The maximum absolute atomic E-state index is 5.62. The van der Waals surface area contributed by atoms with Gasteiger partial charge in [0.25, 0.3) is 0 Å². The van der Waals surface area contributed by atoms with Crippen molar-refractivity contribution in [2.75, 3.05) is 0 Å². The molecule has 0 fully saturated rings. The van der Waals surface area contributed by atoms with E-state index in [9.17, 15) is 0 Å². The summed E-state index contributed by atoms with van der Waals surface area (Å²) in [5.74, 6) is 0. The highest BCUT2D eigenvalue weighted by Gasteiger charge is 2.37. The second-order valence-electron chi connectivity index (χ2n) is 18.1. The quantitative estimate of drug-likeness (QED) is 0.121. The van der Waals surface area contributed by atoms with Crippen molar-refractivity contribution in [1.29, 1.82) is 0 Å². The molecule has 2 aliphatic carbocycles. The molecule has 11 rings (SSSR count). The van der Waals surface area contributed by atoms with Crippen molar-refractivity contribution in [2.24, 2.45) is 0 Å². The number of pyridine rings is 1. The summed E-state index contributed by atoms with van der Waals surface area (Å²) < 4.78 is 0. The Bertz CT molecular complexity index is 3320. The molecule has 1 nitrogen and oxygen atoms in total. The van der Waals surface area contributed by atoms with E-state index in [0.29, 0.717) is 0 Å². The second kappa shape index (κ2) is 13.7. The summed E-state index contributed by atoms with van der Waals surface area (Å²) in [5, 5.41) is 3.48. The van der Waals surface area contributed by atoms with E-state index >= 15 is 0 Å². The molecule has 0 saturated carbocycles. The summed E-state index contributed by atoms with van der Waals surface area (Å²) in [6.45, 7) is 16.0. The van der Waals surface area contributed by atoms with Crippen LogP contribution in [0.4, 0.5) is 0 Å². The predicted octanol–water partition coefficient (Wildman–Crippen LogP) is 16.0.